The molecular weight excluding hydrogens is 270 g/mol. The number of para-hydroxylation sites is 1. The molecule has 0 saturated carbocycles. The number of fused-ring (bicyclic) bond motifs is 1. The van der Waals surface area contributed by atoms with E-state index >= 15 is 0 Å². The minimum absolute atomic E-state index is 0.312. The van der Waals surface area contributed by atoms with Crippen molar-refractivity contribution in [2.45, 2.75) is 27.3 Å². The van der Waals surface area contributed by atoms with E-state index in [1.54, 1.807) is 0 Å². The van der Waals surface area contributed by atoms with E-state index in [-0.39, 0.29) is 5.75 Å². The summed E-state index contributed by atoms with van der Waals surface area (Å²) in [4.78, 5) is 0. The second kappa shape index (κ2) is 6.26. The lowest BCUT2D eigenvalue weighted by Gasteiger charge is -1.97. The molecule has 0 atom stereocenters. The predicted molar refractivity (Wildman–Crippen MR) is 72.7 cm³/mol. The first-order valence-electron chi connectivity index (χ1n) is 5.70. The van der Waals surface area contributed by atoms with Crippen molar-refractivity contribution in [3.8, 4) is 0 Å². The molecule has 1 heterocycles. The van der Waals surface area contributed by atoms with Gasteiger partial charge in [0.05, 0.1) is 10.1 Å². The van der Waals surface area contributed by atoms with Gasteiger partial charge in [0.1, 0.15) is 11.2 Å². The molecule has 2 aromatic rings. The van der Waals surface area contributed by atoms with Crippen molar-refractivity contribution < 1.29 is 17.5 Å². The average Bonchev–Trinajstić information content (AvgIpc) is 2.64. The Kier molecular flexibility index (Phi) is 5.25. The van der Waals surface area contributed by atoms with Gasteiger partial charge in [-0.2, -0.15) is 4.57 Å². The Balaban J connectivity index is 0.000000232. The summed E-state index contributed by atoms with van der Waals surface area (Å²) < 4.78 is 32.1. The molecule has 0 aliphatic carbocycles. The van der Waals surface area contributed by atoms with Crippen LogP contribution >= 0.6 is 11.3 Å². The maximum absolute atomic E-state index is 9.44. The highest BCUT2D eigenvalue weighted by molar-refractivity contribution is 7.85. The quantitative estimate of drug-likeness (QED) is 0.627. The van der Waals surface area contributed by atoms with Crippen LogP contribution in [0.25, 0.3) is 10.2 Å². The Labute approximate surface area is 112 Å². The van der Waals surface area contributed by atoms with E-state index in [4.69, 9.17) is 0 Å². The largest absolute Gasteiger partial charge is 0.748 e. The van der Waals surface area contributed by atoms with Crippen LogP contribution in [-0.4, -0.2) is 18.7 Å². The Morgan fingerprint density at radius 2 is 1.83 bits per heavy atom. The van der Waals surface area contributed by atoms with E-state index < -0.39 is 10.1 Å². The highest BCUT2D eigenvalue weighted by Gasteiger charge is 2.13. The minimum atomic E-state index is -3.91. The van der Waals surface area contributed by atoms with E-state index in [2.05, 4.69) is 42.7 Å². The van der Waals surface area contributed by atoms with Crippen LogP contribution in [0.15, 0.2) is 24.3 Å². The fraction of sp³-hybridized carbons (Fsp3) is 0.417. The van der Waals surface area contributed by atoms with Gasteiger partial charge < -0.3 is 4.55 Å². The number of aromatic nitrogens is 1. The third kappa shape index (κ3) is 4.04. The van der Waals surface area contributed by atoms with Gasteiger partial charge in [-0.1, -0.05) is 30.4 Å². The molecule has 2 rings (SSSR count). The molecule has 0 spiro atoms. The molecule has 18 heavy (non-hydrogen) atoms. The van der Waals surface area contributed by atoms with Crippen LogP contribution < -0.4 is 4.57 Å². The molecule has 0 aliphatic heterocycles. The van der Waals surface area contributed by atoms with Gasteiger partial charge in [0, 0.05) is 18.7 Å². The molecule has 0 fully saturated rings. The van der Waals surface area contributed by atoms with Gasteiger partial charge >= 0.3 is 0 Å². The highest BCUT2D eigenvalue weighted by Crippen LogP contribution is 2.18. The van der Waals surface area contributed by atoms with Gasteiger partial charge in [-0.15, -0.1) is 0 Å². The lowest BCUT2D eigenvalue weighted by Crippen LogP contribution is -2.33. The summed E-state index contributed by atoms with van der Waals surface area (Å²) in [7, 11) is -3.91. The van der Waals surface area contributed by atoms with Crippen LogP contribution in [-0.2, 0) is 16.7 Å². The maximum atomic E-state index is 9.44. The summed E-state index contributed by atoms with van der Waals surface area (Å²) in [6.45, 7) is 6.73. The molecule has 0 N–H and O–H groups in total. The van der Waals surface area contributed by atoms with Gasteiger partial charge in [-0.25, -0.2) is 8.42 Å². The molecule has 0 aliphatic rings. The lowest BCUT2D eigenvalue weighted by atomic mass is 10.3. The number of hydrogen-bond donors (Lipinski definition) is 0. The van der Waals surface area contributed by atoms with E-state index in [0.717, 1.165) is 6.54 Å². The predicted octanol–water partition coefficient (Wildman–Crippen LogP) is 2.07. The summed E-state index contributed by atoms with van der Waals surface area (Å²) in [5.41, 5.74) is 1.36. The number of thiazole rings is 1. The van der Waals surface area contributed by atoms with E-state index in [0.29, 0.717) is 0 Å². The van der Waals surface area contributed by atoms with Crippen molar-refractivity contribution in [2.75, 3.05) is 5.75 Å². The zero-order valence-electron chi connectivity index (χ0n) is 10.7. The first-order chi connectivity index (χ1) is 8.39. The molecule has 6 heteroatoms. The summed E-state index contributed by atoms with van der Waals surface area (Å²) >= 11 is 1.87. The van der Waals surface area contributed by atoms with Gasteiger partial charge in [-0.05, 0) is 13.0 Å². The second-order valence-corrected chi connectivity index (χ2v) is 6.61. The molecule has 1 aromatic heterocycles. The van der Waals surface area contributed by atoms with Crippen molar-refractivity contribution >= 4 is 31.7 Å². The number of nitrogens with zero attached hydrogens (tertiary/aromatic N) is 1. The Bertz CT molecular complexity index is 617. The Morgan fingerprint density at radius 1 is 1.28 bits per heavy atom. The molecular formula is C12H17NO3S2. The van der Waals surface area contributed by atoms with E-state index in [1.807, 2.05) is 11.3 Å². The van der Waals surface area contributed by atoms with Crippen LogP contribution in [0.4, 0.5) is 0 Å². The van der Waals surface area contributed by atoms with Crippen molar-refractivity contribution in [3.05, 3.63) is 29.3 Å². The van der Waals surface area contributed by atoms with Crippen molar-refractivity contribution in [3.63, 3.8) is 0 Å². The lowest BCUT2D eigenvalue weighted by molar-refractivity contribution is -0.669. The normalized spacial score (nSPS) is 11.1. The smallest absolute Gasteiger partial charge is 0.235 e. The Hall–Kier alpha value is -0.980. The highest BCUT2D eigenvalue weighted by atomic mass is 32.2. The van der Waals surface area contributed by atoms with Gasteiger partial charge in [-0.3, -0.25) is 0 Å². The molecule has 1 aromatic carbocycles. The third-order valence-electron chi connectivity index (χ3n) is 2.46. The van der Waals surface area contributed by atoms with Crippen LogP contribution in [0.2, 0.25) is 0 Å². The fourth-order valence-corrected chi connectivity index (χ4v) is 2.63. The van der Waals surface area contributed by atoms with Crippen LogP contribution in [0.1, 0.15) is 18.9 Å². The van der Waals surface area contributed by atoms with Crippen molar-refractivity contribution in [2.24, 2.45) is 0 Å². The summed E-state index contributed by atoms with van der Waals surface area (Å²) in [6.07, 6.45) is 0. The van der Waals surface area contributed by atoms with Crippen LogP contribution in [0, 0.1) is 6.92 Å². The SMILES string of the molecule is CCS(=O)(=O)[O-].CC[n+]1c(C)sc2ccccc21. The number of benzene rings is 1. The summed E-state index contributed by atoms with van der Waals surface area (Å²) in [6, 6.07) is 8.56. The molecule has 0 unspecified atom stereocenters. The minimum Gasteiger partial charge on any atom is -0.748 e. The van der Waals surface area contributed by atoms with Crippen LogP contribution in [0.3, 0.4) is 0 Å². The van der Waals surface area contributed by atoms with E-state index in [1.165, 1.54) is 22.1 Å². The molecule has 0 amide bonds. The molecule has 4 nitrogen and oxygen atoms in total. The number of aryl methyl sites for hydroxylation is 2. The monoisotopic (exact) mass is 287 g/mol. The standard InChI is InChI=1S/C10H12NS.C2H6O3S/c1-3-11-8(2)12-10-7-5-4-6-9(10)11;1-2-6(3,4)5/h4-7H,3H2,1-2H3;2H2,1H3,(H,3,4,5)/q+1;/p-1. The molecule has 100 valence electrons. The first-order valence-corrected chi connectivity index (χ1v) is 8.10. The molecule has 0 saturated heterocycles. The number of rotatable bonds is 2. The second-order valence-electron chi connectivity index (χ2n) is 3.68. The molecule has 0 radical (unpaired) electrons. The van der Waals surface area contributed by atoms with Gasteiger partial charge in [0.15, 0.2) is 0 Å². The Morgan fingerprint density at radius 3 is 2.33 bits per heavy atom. The van der Waals surface area contributed by atoms with Crippen molar-refractivity contribution in [1.82, 2.24) is 0 Å². The summed E-state index contributed by atoms with van der Waals surface area (Å²) in [5, 5.41) is 1.39. The average molecular weight is 287 g/mol. The zero-order valence-corrected chi connectivity index (χ0v) is 12.3. The topological polar surface area (TPSA) is 61.1 Å². The molecule has 0 bridgehead atoms. The first kappa shape index (κ1) is 15.1. The fourth-order valence-electron chi connectivity index (χ4n) is 1.54. The van der Waals surface area contributed by atoms with Crippen LogP contribution in [0.5, 0.6) is 0 Å². The van der Waals surface area contributed by atoms with Gasteiger partial charge in [0.2, 0.25) is 10.5 Å². The summed E-state index contributed by atoms with van der Waals surface area (Å²) in [5.74, 6) is -0.312. The van der Waals surface area contributed by atoms with Gasteiger partial charge in [0.25, 0.3) is 0 Å². The number of hydrogen-bond acceptors (Lipinski definition) is 4. The van der Waals surface area contributed by atoms with Crippen molar-refractivity contribution in [1.29, 1.82) is 0 Å². The van der Waals surface area contributed by atoms with E-state index in [9.17, 15) is 13.0 Å². The zero-order chi connectivity index (χ0) is 13.8. The maximum Gasteiger partial charge on any atom is 0.235 e. The third-order valence-corrected chi connectivity index (χ3v) is 4.25.